The summed E-state index contributed by atoms with van der Waals surface area (Å²) in [6.07, 6.45) is 1.37. The summed E-state index contributed by atoms with van der Waals surface area (Å²) in [5.41, 5.74) is 0.249. The van der Waals surface area contributed by atoms with Crippen molar-refractivity contribution in [2.45, 2.75) is 4.90 Å². The van der Waals surface area contributed by atoms with Gasteiger partial charge in [-0.15, -0.1) is 11.8 Å². The fraction of sp³-hybridized carbons (Fsp3) is 0.150. The van der Waals surface area contributed by atoms with E-state index in [2.05, 4.69) is 5.32 Å². The van der Waals surface area contributed by atoms with Gasteiger partial charge in [-0.05, 0) is 36.0 Å². The van der Waals surface area contributed by atoms with Crippen LogP contribution in [0.4, 0.5) is 9.18 Å². The fourth-order valence-corrected chi connectivity index (χ4v) is 4.06. The van der Waals surface area contributed by atoms with Gasteiger partial charge in [0, 0.05) is 23.5 Å². The molecule has 8 heteroatoms. The monoisotopic (exact) mass is 416 g/mol. The standard InChI is InChI=1S/C20H17FN2O3S2/c21-16-9-5-4-6-14(16)12-17-19(25)23(20(26)28-17)11-10-22-18(24)13-27-15-7-2-1-3-8-15/h1-9,12H,10-11,13H2,(H,22,24)/b17-12+. The topological polar surface area (TPSA) is 66.5 Å². The molecule has 5 nitrogen and oxygen atoms in total. The lowest BCUT2D eigenvalue weighted by molar-refractivity contribution is -0.123. The Morgan fingerprint density at radius 3 is 2.57 bits per heavy atom. The average molecular weight is 416 g/mol. The quantitative estimate of drug-likeness (QED) is 0.550. The van der Waals surface area contributed by atoms with Gasteiger partial charge in [0.25, 0.3) is 11.1 Å². The predicted molar refractivity (Wildman–Crippen MR) is 109 cm³/mol. The summed E-state index contributed by atoms with van der Waals surface area (Å²) in [7, 11) is 0. The zero-order valence-corrected chi connectivity index (χ0v) is 16.4. The number of nitrogens with one attached hydrogen (secondary N) is 1. The molecule has 0 saturated carbocycles. The summed E-state index contributed by atoms with van der Waals surface area (Å²) in [6, 6.07) is 15.6. The molecule has 1 fully saturated rings. The summed E-state index contributed by atoms with van der Waals surface area (Å²) in [5.74, 6) is -0.870. The molecule has 1 saturated heterocycles. The van der Waals surface area contributed by atoms with Crippen LogP contribution in [0.2, 0.25) is 0 Å². The van der Waals surface area contributed by atoms with Crippen LogP contribution in [-0.2, 0) is 9.59 Å². The Balaban J connectivity index is 1.49. The Morgan fingerprint density at radius 2 is 1.82 bits per heavy atom. The van der Waals surface area contributed by atoms with Crippen LogP contribution in [0.5, 0.6) is 0 Å². The molecule has 0 atom stereocenters. The van der Waals surface area contributed by atoms with Crippen molar-refractivity contribution in [2.24, 2.45) is 0 Å². The number of carbonyl (C=O) groups is 3. The highest BCUT2D eigenvalue weighted by Crippen LogP contribution is 2.32. The fourth-order valence-electron chi connectivity index (χ4n) is 2.45. The molecule has 28 heavy (non-hydrogen) atoms. The molecule has 144 valence electrons. The van der Waals surface area contributed by atoms with Crippen molar-refractivity contribution < 1.29 is 18.8 Å². The second-order valence-electron chi connectivity index (χ2n) is 5.81. The van der Waals surface area contributed by atoms with Crippen molar-refractivity contribution in [3.63, 3.8) is 0 Å². The van der Waals surface area contributed by atoms with Crippen molar-refractivity contribution in [3.8, 4) is 0 Å². The van der Waals surface area contributed by atoms with Crippen molar-refractivity contribution in [1.29, 1.82) is 0 Å². The first-order valence-electron chi connectivity index (χ1n) is 8.49. The highest BCUT2D eigenvalue weighted by atomic mass is 32.2. The van der Waals surface area contributed by atoms with Crippen molar-refractivity contribution in [1.82, 2.24) is 10.2 Å². The Kier molecular flexibility index (Phi) is 6.89. The number of amides is 3. The van der Waals surface area contributed by atoms with Crippen LogP contribution in [0, 0.1) is 5.82 Å². The van der Waals surface area contributed by atoms with E-state index in [1.165, 1.54) is 30.0 Å². The second kappa shape index (κ2) is 9.57. The third kappa shape index (κ3) is 5.24. The van der Waals surface area contributed by atoms with Gasteiger partial charge in [0.15, 0.2) is 0 Å². The minimum Gasteiger partial charge on any atom is -0.354 e. The van der Waals surface area contributed by atoms with E-state index in [9.17, 15) is 18.8 Å². The number of imide groups is 1. The van der Waals surface area contributed by atoms with Crippen LogP contribution in [-0.4, -0.2) is 40.8 Å². The first-order chi connectivity index (χ1) is 13.5. The number of carbonyl (C=O) groups excluding carboxylic acids is 3. The molecule has 0 aromatic heterocycles. The molecule has 3 amide bonds. The zero-order chi connectivity index (χ0) is 19.9. The Hall–Kier alpha value is -2.58. The van der Waals surface area contributed by atoms with Crippen LogP contribution in [0.15, 0.2) is 64.4 Å². The summed E-state index contributed by atoms with van der Waals surface area (Å²) in [4.78, 5) is 38.6. The van der Waals surface area contributed by atoms with E-state index < -0.39 is 17.0 Å². The van der Waals surface area contributed by atoms with Crippen LogP contribution in [0.1, 0.15) is 5.56 Å². The lowest BCUT2D eigenvalue weighted by Crippen LogP contribution is -2.37. The van der Waals surface area contributed by atoms with Gasteiger partial charge in [-0.2, -0.15) is 0 Å². The molecule has 3 rings (SSSR count). The highest BCUT2D eigenvalue weighted by Gasteiger charge is 2.34. The highest BCUT2D eigenvalue weighted by molar-refractivity contribution is 8.18. The van der Waals surface area contributed by atoms with Crippen molar-refractivity contribution >= 4 is 46.7 Å². The SMILES string of the molecule is O=C(CSc1ccccc1)NCCN1C(=O)S/C(=C/c2ccccc2F)C1=O. The van der Waals surface area contributed by atoms with Crippen LogP contribution < -0.4 is 5.32 Å². The van der Waals surface area contributed by atoms with Crippen LogP contribution in [0.25, 0.3) is 6.08 Å². The molecular weight excluding hydrogens is 399 g/mol. The summed E-state index contributed by atoms with van der Waals surface area (Å²) >= 11 is 2.17. The molecule has 0 unspecified atom stereocenters. The van der Waals surface area contributed by atoms with E-state index in [0.29, 0.717) is 0 Å². The average Bonchev–Trinajstić information content (AvgIpc) is 2.96. The number of halogens is 1. The predicted octanol–water partition coefficient (Wildman–Crippen LogP) is 3.77. The number of nitrogens with zero attached hydrogens (tertiary/aromatic N) is 1. The van der Waals surface area contributed by atoms with Gasteiger partial charge < -0.3 is 5.32 Å². The number of hydrogen-bond donors (Lipinski definition) is 1. The summed E-state index contributed by atoms with van der Waals surface area (Å²) in [6.45, 7) is 0.236. The lowest BCUT2D eigenvalue weighted by atomic mass is 10.2. The minimum absolute atomic E-state index is 0.0705. The number of rotatable bonds is 7. The molecule has 1 N–H and O–H groups in total. The van der Waals surface area contributed by atoms with E-state index in [-0.39, 0.29) is 35.2 Å². The molecule has 0 spiro atoms. The molecule has 2 aromatic rings. The smallest absolute Gasteiger partial charge is 0.293 e. The molecule has 1 aliphatic heterocycles. The number of benzene rings is 2. The van der Waals surface area contributed by atoms with Gasteiger partial charge >= 0.3 is 0 Å². The molecule has 0 aliphatic carbocycles. The molecule has 1 heterocycles. The van der Waals surface area contributed by atoms with E-state index in [1.807, 2.05) is 30.3 Å². The van der Waals surface area contributed by atoms with Crippen molar-refractivity contribution in [2.75, 3.05) is 18.8 Å². The largest absolute Gasteiger partial charge is 0.354 e. The Morgan fingerprint density at radius 1 is 1.11 bits per heavy atom. The van der Waals surface area contributed by atoms with Crippen molar-refractivity contribution in [3.05, 3.63) is 70.9 Å². The van der Waals surface area contributed by atoms with Gasteiger partial charge in [0.05, 0.1) is 10.7 Å². The van der Waals surface area contributed by atoms with Gasteiger partial charge in [0.2, 0.25) is 5.91 Å². The number of thioether (sulfide) groups is 2. The molecule has 0 bridgehead atoms. The van der Waals surface area contributed by atoms with E-state index in [4.69, 9.17) is 0 Å². The van der Waals surface area contributed by atoms with E-state index in [0.717, 1.165) is 21.6 Å². The Labute approximate surface area is 170 Å². The van der Waals surface area contributed by atoms with Gasteiger partial charge in [-0.3, -0.25) is 19.3 Å². The lowest BCUT2D eigenvalue weighted by Gasteiger charge is -2.13. The third-order valence-corrected chi connectivity index (χ3v) is 5.76. The number of hydrogen-bond acceptors (Lipinski definition) is 5. The molecular formula is C20H17FN2O3S2. The molecule has 2 aromatic carbocycles. The van der Waals surface area contributed by atoms with E-state index in [1.54, 1.807) is 12.1 Å². The normalized spacial score (nSPS) is 15.3. The van der Waals surface area contributed by atoms with Crippen LogP contribution >= 0.6 is 23.5 Å². The maximum absolute atomic E-state index is 13.7. The molecule has 0 radical (unpaired) electrons. The van der Waals surface area contributed by atoms with Gasteiger partial charge in [-0.25, -0.2) is 4.39 Å². The molecule has 1 aliphatic rings. The van der Waals surface area contributed by atoms with E-state index >= 15 is 0 Å². The van der Waals surface area contributed by atoms with Gasteiger partial charge in [0.1, 0.15) is 5.82 Å². The first kappa shape index (κ1) is 20.2. The summed E-state index contributed by atoms with van der Waals surface area (Å²) in [5, 5.41) is 2.27. The Bertz CT molecular complexity index is 919. The zero-order valence-electron chi connectivity index (χ0n) is 14.8. The maximum Gasteiger partial charge on any atom is 0.293 e. The third-order valence-electron chi connectivity index (χ3n) is 3.84. The first-order valence-corrected chi connectivity index (χ1v) is 10.3. The summed E-state index contributed by atoms with van der Waals surface area (Å²) < 4.78 is 13.7. The second-order valence-corrected chi connectivity index (χ2v) is 7.85. The maximum atomic E-state index is 13.7. The minimum atomic E-state index is -0.480. The van der Waals surface area contributed by atoms with Crippen LogP contribution in [0.3, 0.4) is 0 Å². The van der Waals surface area contributed by atoms with Gasteiger partial charge in [-0.1, -0.05) is 36.4 Å².